The van der Waals surface area contributed by atoms with Crippen LogP contribution in [-0.2, 0) is 22.5 Å². The SMILES string of the molecule is COCC(COC)c1c(Cc2ccc(C(=O)O)cc2)c2c(OCc3ccccc3)cccc2n1-c1ccc(F)c(F)c1. The van der Waals surface area contributed by atoms with Gasteiger partial charge in [0.15, 0.2) is 11.6 Å². The lowest BCUT2D eigenvalue weighted by atomic mass is 9.95. The lowest BCUT2D eigenvalue weighted by molar-refractivity contribution is 0.0697. The number of carbonyl (C=O) groups is 1. The molecule has 216 valence electrons. The van der Waals surface area contributed by atoms with E-state index in [1.54, 1.807) is 44.6 Å². The molecular formula is C34H31F2NO5. The van der Waals surface area contributed by atoms with Gasteiger partial charge in [-0.2, -0.15) is 0 Å². The van der Waals surface area contributed by atoms with E-state index < -0.39 is 17.6 Å². The molecule has 1 aromatic heterocycles. The van der Waals surface area contributed by atoms with Gasteiger partial charge in [-0.25, -0.2) is 13.6 Å². The van der Waals surface area contributed by atoms with Gasteiger partial charge < -0.3 is 23.9 Å². The molecule has 6 nitrogen and oxygen atoms in total. The van der Waals surface area contributed by atoms with Gasteiger partial charge in [0.1, 0.15) is 12.4 Å². The molecule has 8 heteroatoms. The molecule has 0 aliphatic carbocycles. The number of nitrogens with zero attached hydrogens (tertiary/aromatic N) is 1. The van der Waals surface area contributed by atoms with Crippen LogP contribution in [0, 0.1) is 11.6 Å². The number of ether oxygens (including phenoxy) is 3. The van der Waals surface area contributed by atoms with Gasteiger partial charge in [-0.3, -0.25) is 0 Å². The number of hydrogen-bond donors (Lipinski definition) is 1. The fourth-order valence-electron chi connectivity index (χ4n) is 5.35. The highest BCUT2D eigenvalue weighted by atomic mass is 19.2. The highest BCUT2D eigenvalue weighted by molar-refractivity contribution is 5.93. The molecule has 1 N–H and O–H groups in total. The molecule has 0 radical (unpaired) electrons. The van der Waals surface area contributed by atoms with Crippen molar-refractivity contribution < 1.29 is 32.9 Å². The first-order valence-corrected chi connectivity index (χ1v) is 13.5. The Morgan fingerprint density at radius 1 is 0.833 bits per heavy atom. The minimum absolute atomic E-state index is 0.187. The Kier molecular flexibility index (Phi) is 8.95. The molecule has 0 fully saturated rings. The first-order valence-electron chi connectivity index (χ1n) is 13.5. The van der Waals surface area contributed by atoms with Crippen molar-refractivity contribution in [2.24, 2.45) is 0 Å². The summed E-state index contributed by atoms with van der Waals surface area (Å²) in [4.78, 5) is 11.5. The number of carboxylic acid groups (broad SMARTS) is 1. The van der Waals surface area contributed by atoms with E-state index in [-0.39, 0.29) is 11.5 Å². The summed E-state index contributed by atoms with van der Waals surface area (Å²) in [5.74, 6) is -2.56. The zero-order valence-corrected chi connectivity index (χ0v) is 23.3. The first kappa shape index (κ1) is 29.0. The second kappa shape index (κ2) is 13.0. The monoisotopic (exact) mass is 571 g/mol. The molecule has 0 bridgehead atoms. The quantitative estimate of drug-likeness (QED) is 0.172. The molecule has 5 rings (SSSR count). The maximum absolute atomic E-state index is 14.6. The second-order valence-electron chi connectivity index (χ2n) is 10.0. The van der Waals surface area contributed by atoms with Crippen molar-refractivity contribution in [2.45, 2.75) is 18.9 Å². The molecule has 0 saturated carbocycles. The van der Waals surface area contributed by atoms with Crippen molar-refractivity contribution in [1.29, 1.82) is 0 Å². The van der Waals surface area contributed by atoms with E-state index >= 15 is 0 Å². The van der Waals surface area contributed by atoms with Crippen LogP contribution in [0.4, 0.5) is 8.78 Å². The van der Waals surface area contributed by atoms with Gasteiger partial charge >= 0.3 is 5.97 Å². The summed E-state index contributed by atoms with van der Waals surface area (Å²) in [5, 5.41) is 10.2. The fourth-order valence-corrected chi connectivity index (χ4v) is 5.35. The van der Waals surface area contributed by atoms with Crippen LogP contribution in [0.5, 0.6) is 5.75 Å². The third-order valence-corrected chi connectivity index (χ3v) is 7.20. The molecule has 0 amide bonds. The summed E-state index contributed by atoms with van der Waals surface area (Å²) in [6, 6.07) is 26.0. The number of fused-ring (bicyclic) bond motifs is 1. The average molecular weight is 572 g/mol. The van der Waals surface area contributed by atoms with Gasteiger partial charge in [0.2, 0.25) is 0 Å². The first-order chi connectivity index (χ1) is 20.4. The van der Waals surface area contributed by atoms with Crippen molar-refractivity contribution in [2.75, 3.05) is 27.4 Å². The van der Waals surface area contributed by atoms with Crippen LogP contribution >= 0.6 is 0 Å². The number of benzene rings is 4. The van der Waals surface area contributed by atoms with Crippen LogP contribution < -0.4 is 4.74 Å². The highest BCUT2D eigenvalue weighted by Crippen LogP contribution is 2.41. The maximum Gasteiger partial charge on any atom is 0.335 e. The number of aromatic carboxylic acids is 1. The van der Waals surface area contributed by atoms with Gasteiger partial charge in [-0.1, -0.05) is 48.5 Å². The molecule has 0 atom stereocenters. The summed E-state index contributed by atoms with van der Waals surface area (Å²) in [5.41, 5.74) is 4.94. The lowest BCUT2D eigenvalue weighted by Gasteiger charge is -2.21. The Hall–Kier alpha value is -4.53. The van der Waals surface area contributed by atoms with Gasteiger partial charge in [0.25, 0.3) is 0 Å². The topological polar surface area (TPSA) is 69.9 Å². The number of carboxylic acids is 1. The number of methoxy groups -OCH3 is 2. The number of halogens is 2. The van der Waals surface area contributed by atoms with Crippen LogP contribution in [0.3, 0.4) is 0 Å². The van der Waals surface area contributed by atoms with Crippen molar-refractivity contribution in [1.82, 2.24) is 4.57 Å². The standard InChI is InChI=1S/C34H31F2NO5/c1-40-20-25(21-41-2)33-27(17-22-11-13-24(14-12-22)34(38)39)32-30(37(33)26-15-16-28(35)29(36)18-26)9-6-10-31(32)42-19-23-7-4-3-5-8-23/h3-16,18,25H,17,19-21H2,1-2H3,(H,38,39). The molecule has 5 aromatic rings. The van der Waals surface area contributed by atoms with E-state index in [4.69, 9.17) is 14.2 Å². The molecule has 0 unspecified atom stereocenters. The molecule has 0 aliphatic rings. The summed E-state index contributed by atoms with van der Waals surface area (Å²) in [6.07, 6.45) is 0.415. The lowest BCUT2D eigenvalue weighted by Crippen LogP contribution is -2.18. The minimum atomic E-state index is -1.01. The number of aromatic nitrogens is 1. The van der Waals surface area contributed by atoms with Crippen LogP contribution in [-0.4, -0.2) is 43.1 Å². The maximum atomic E-state index is 14.6. The van der Waals surface area contributed by atoms with Crippen LogP contribution in [0.25, 0.3) is 16.6 Å². The Morgan fingerprint density at radius 3 is 2.19 bits per heavy atom. The van der Waals surface area contributed by atoms with Crippen LogP contribution in [0.1, 0.15) is 38.7 Å². The molecule has 1 heterocycles. The van der Waals surface area contributed by atoms with Crippen molar-refractivity contribution in [3.8, 4) is 11.4 Å². The Morgan fingerprint density at radius 2 is 1.55 bits per heavy atom. The van der Waals surface area contributed by atoms with Crippen molar-refractivity contribution in [3.63, 3.8) is 0 Å². The summed E-state index contributed by atoms with van der Waals surface area (Å²) in [6.45, 7) is 0.940. The highest BCUT2D eigenvalue weighted by Gasteiger charge is 2.28. The molecule has 0 spiro atoms. The van der Waals surface area contributed by atoms with E-state index in [2.05, 4.69) is 0 Å². The summed E-state index contributed by atoms with van der Waals surface area (Å²) in [7, 11) is 3.21. The second-order valence-corrected chi connectivity index (χ2v) is 10.0. The predicted octanol–water partition coefficient (Wildman–Crippen LogP) is 7.15. The van der Waals surface area contributed by atoms with Gasteiger partial charge in [0, 0.05) is 43.0 Å². The normalized spacial score (nSPS) is 11.4. The summed E-state index contributed by atoms with van der Waals surface area (Å²) < 4.78 is 48.2. The average Bonchev–Trinajstić information content (AvgIpc) is 3.32. The zero-order chi connectivity index (χ0) is 29.6. The van der Waals surface area contributed by atoms with E-state index in [9.17, 15) is 18.7 Å². The summed E-state index contributed by atoms with van der Waals surface area (Å²) >= 11 is 0. The number of hydrogen-bond acceptors (Lipinski definition) is 4. The Balaban J connectivity index is 1.77. The van der Waals surface area contributed by atoms with Crippen molar-refractivity contribution in [3.05, 3.63) is 131 Å². The van der Waals surface area contributed by atoms with Gasteiger partial charge in [-0.05, 0) is 59.5 Å². The van der Waals surface area contributed by atoms with Gasteiger partial charge in [0.05, 0.1) is 24.3 Å². The van der Waals surface area contributed by atoms with E-state index in [0.717, 1.165) is 39.4 Å². The minimum Gasteiger partial charge on any atom is -0.488 e. The molecule has 42 heavy (non-hydrogen) atoms. The molecule has 4 aromatic carbocycles. The largest absolute Gasteiger partial charge is 0.488 e. The van der Waals surface area contributed by atoms with E-state index in [1.165, 1.54) is 6.07 Å². The molecular weight excluding hydrogens is 540 g/mol. The zero-order valence-electron chi connectivity index (χ0n) is 23.3. The smallest absolute Gasteiger partial charge is 0.335 e. The van der Waals surface area contributed by atoms with Crippen molar-refractivity contribution >= 4 is 16.9 Å². The van der Waals surface area contributed by atoms with E-state index in [0.29, 0.717) is 37.7 Å². The van der Waals surface area contributed by atoms with Crippen LogP contribution in [0.2, 0.25) is 0 Å². The fraction of sp³-hybridized carbons (Fsp3) is 0.206. The Labute approximate surface area is 242 Å². The third-order valence-electron chi connectivity index (χ3n) is 7.20. The van der Waals surface area contributed by atoms with E-state index in [1.807, 2.05) is 53.1 Å². The third kappa shape index (κ3) is 6.05. The Bertz CT molecular complexity index is 1680. The van der Waals surface area contributed by atoms with Crippen LogP contribution in [0.15, 0.2) is 91.0 Å². The van der Waals surface area contributed by atoms with Gasteiger partial charge in [-0.15, -0.1) is 0 Å². The predicted molar refractivity (Wildman–Crippen MR) is 157 cm³/mol. The molecule has 0 aliphatic heterocycles. The number of rotatable bonds is 12. The molecule has 0 saturated heterocycles.